The number of thiophene rings is 1. The largest absolute Gasteiger partial charge is 0.204 e. The summed E-state index contributed by atoms with van der Waals surface area (Å²) in [6, 6.07) is 3.55. The lowest BCUT2D eigenvalue weighted by Gasteiger charge is -1.98. The summed E-state index contributed by atoms with van der Waals surface area (Å²) in [5, 5.41) is 2.74. The Kier molecular flexibility index (Phi) is 2.14. The van der Waals surface area contributed by atoms with Gasteiger partial charge in [0.1, 0.15) is 0 Å². The lowest BCUT2D eigenvalue weighted by atomic mass is 10.2. The Labute approximate surface area is 86.9 Å². The lowest BCUT2D eigenvalue weighted by molar-refractivity contribution is 0.634. The molecule has 4 heteroatoms. The summed E-state index contributed by atoms with van der Waals surface area (Å²) in [4.78, 5) is 0.805. The van der Waals surface area contributed by atoms with Gasteiger partial charge in [-0.3, -0.25) is 0 Å². The van der Waals surface area contributed by atoms with Crippen molar-refractivity contribution < 1.29 is 4.39 Å². The highest BCUT2D eigenvalue weighted by molar-refractivity contribution is 9.10. The smallest absolute Gasteiger partial charge is 0.155 e. The van der Waals surface area contributed by atoms with Crippen molar-refractivity contribution in [3.05, 3.63) is 27.8 Å². The molecule has 0 unspecified atom stereocenters. The molecule has 0 spiro atoms. The number of fused-ring (bicyclic) bond motifs is 1. The fourth-order valence-corrected chi connectivity index (χ4v) is 3.04. The van der Waals surface area contributed by atoms with E-state index in [2.05, 4.69) is 28.6 Å². The number of thiol groups is 1. The maximum Gasteiger partial charge on any atom is 0.155 e. The number of hydrogen-bond donors (Lipinski definition) is 1. The van der Waals surface area contributed by atoms with E-state index in [4.69, 9.17) is 0 Å². The molecule has 62 valence electrons. The van der Waals surface area contributed by atoms with E-state index in [9.17, 15) is 4.39 Å². The van der Waals surface area contributed by atoms with Gasteiger partial charge in [-0.05, 0) is 33.4 Å². The summed E-state index contributed by atoms with van der Waals surface area (Å²) in [5.41, 5.74) is 0. The molecule has 2 rings (SSSR count). The summed E-state index contributed by atoms with van der Waals surface area (Å²) in [5.74, 6) is -0.196. The van der Waals surface area contributed by atoms with Gasteiger partial charge in [0.2, 0.25) is 0 Å². The third-order valence-electron chi connectivity index (χ3n) is 1.61. The van der Waals surface area contributed by atoms with Crippen molar-refractivity contribution in [3.63, 3.8) is 0 Å². The van der Waals surface area contributed by atoms with Crippen LogP contribution in [0.25, 0.3) is 10.1 Å². The van der Waals surface area contributed by atoms with Crippen LogP contribution < -0.4 is 0 Å². The first-order valence-electron chi connectivity index (χ1n) is 3.24. The molecule has 0 radical (unpaired) electrons. The van der Waals surface area contributed by atoms with Crippen molar-refractivity contribution in [2.45, 2.75) is 4.90 Å². The molecule has 0 amide bonds. The van der Waals surface area contributed by atoms with Crippen LogP contribution in [0.3, 0.4) is 0 Å². The highest BCUT2D eigenvalue weighted by Crippen LogP contribution is 2.33. The fraction of sp³-hybridized carbons (Fsp3) is 0. The zero-order valence-corrected chi connectivity index (χ0v) is 9.14. The molecule has 1 aromatic carbocycles. The van der Waals surface area contributed by atoms with Crippen molar-refractivity contribution in [1.82, 2.24) is 0 Å². The van der Waals surface area contributed by atoms with E-state index in [1.165, 1.54) is 11.3 Å². The SMILES string of the molecule is Fc1c(Br)cc(S)c2ccsc12. The van der Waals surface area contributed by atoms with Crippen molar-refractivity contribution in [3.8, 4) is 0 Å². The van der Waals surface area contributed by atoms with Crippen molar-refractivity contribution in [2.24, 2.45) is 0 Å². The molecule has 0 bridgehead atoms. The molecule has 0 N–H and O–H groups in total. The van der Waals surface area contributed by atoms with Crippen LogP contribution in [0.5, 0.6) is 0 Å². The minimum absolute atomic E-state index is 0.196. The fourth-order valence-electron chi connectivity index (χ4n) is 1.05. The maximum atomic E-state index is 13.3. The quantitative estimate of drug-likeness (QED) is 0.680. The second-order valence-electron chi connectivity index (χ2n) is 2.35. The van der Waals surface area contributed by atoms with Crippen molar-refractivity contribution in [2.75, 3.05) is 0 Å². The zero-order chi connectivity index (χ0) is 8.72. The monoisotopic (exact) mass is 262 g/mol. The van der Waals surface area contributed by atoms with Gasteiger partial charge in [-0.1, -0.05) is 0 Å². The van der Waals surface area contributed by atoms with Gasteiger partial charge >= 0.3 is 0 Å². The van der Waals surface area contributed by atoms with E-state index >= 15 is 0 Å². The normalized spacial score (nSPS) is 10.9. The highest BCUT2D eigenvalue weighted by atomic mass is 79.9. The summed E-state index contributed by atoms with van der Waals surface area (Å²) in [7, 11) is 0. The van der Waals surface area contributed by atoms with Gasteiger partial charge in [-0.2, -0.15) is 0 Å². The van der Waals surface area contributed by atoms with Gasteiger partial charge in [0.15, 0.2) is 5.82 Å². The first-order chi connectivity index (χ1) is 5.70. The Morgan fingerprint density at radius 1 is 1.50 bits per heavy atom. The van der Waals surface area contributed by atoms with E-state index in [0.717, 1.165) is 10.3 Å². The topological polar surface area (TPSA) is 0 Å². The molecule has 0 aliphatic heterocycles. The van der Waals surface area contributed by atoms with Gasteiger partial charge in [0, 0.05) is 10.3 Å². The van der Waals surface area contributed by atoms with Crippen molar-refractivity contribution >= 4 is 50.0 Å². The Hall–Kier alpha value is -0.0600. The highest BCUT2D eigenvalue weighted by Gasteiger charge is 2.08. The van der Waals surface area contributed by atoms with Crippen LogP contribution in [0.4, 0.5) is 4.39 Å². The van der Waals surface area contributed by atoms with E-state index in [1.54, 1.807) is 6.07 Å². The minimum atomic E-state index is -0.196. The molecule has 0 atom stereocenters. The Morgan fingerprint density at radius 3 is 3.00 bits per heavy atom. The second-order valence-corrected chi connectivity index (χ2v) is 4.61. The number of hydrogen-bond acceptors (Lipinski definition) is 2. The standard InChI is InChI=1S/C8H4BrFS2/c9-5-3-6(11)4-1-2-12-8(4)7(5)10/h1-3,11H. The number of halogens is 2. The zero-order valence-electron chi connectivity index (χ0n) is 5.84. The molecule has 12 heavy (non-hydrogen) atoms. The van der Waals surface area contributed by atoms with E-state index in [0.29, 0.717) is 9.17 Å². The van der Waals surface area contributed by atoms with Crippen LogP contribution >= 0.6 is 39.9 Å². The van der Waals surface area contributed by atoms with Crippen LogP contribution in [0, 0.1) is 5.82 Å². The third-order valence-corrected chi connectivity index (χ3v) is 3.47. The molecule has 0 saturated heterocycles. The molecule has 2 aromatic rings. The number of rotatable bonds is 0. The van der Waals surface area contributed by atoms with E-state index in [1.807, 2.05) is 11.4 Å². The van der Waals surface area contributed by atoms with Crippen LogP contribution in [-0.2, 0) is 0 Å². The summed E-state index contributed by atoms with van der Waals surface area (Å²) < 4.78 is 14.5. The Balaban J connectivity index is 2.97. The molecule has 0 aliphatic rings. The summed E-state index contributed by atoms with van der Waals surface area (Å²) >= 11 is 8.77. The van der Waals surface area contributed by atoms with Gasteiger partial charge in [-0.15, -0.1) is 24.0 Å². The minimum Gasteiger partial charge on any atom is -0.204 e. The summed E-state index contributed by atoms with van der Waals surface area (Å²) in [6.45, 7) is 0. The van der Waals surface area contributed by atoms with Crippen molar-refractivity contribution in [1.29, 1.82) is 0 Å². The third kappa shape index (κ3) is 1.18. The predicted molar refractivity (Wildman–Crippen MR) is 56.7 cm³/mol. The molecule has 1 heterocycles. The predicted octanol–water partition coefficient (Wildman–Crippen LogP) is 4.09. The lowest BCUT2D eigenvalue weighted by Crippen LogP contribution is -1.78. The molecular formula is C8H4BrFS2. The van der Waals surface area contributed by atoms with Gasteiger partial charge in [0.25, 0.3) is 0 Å². The average Bonchev–Trinajstić information content (AvgIpc) is 2.48. The molecule has 0 fully saturated rings. The van der Waals surface area contributed by atoms with Gasteiger partial charge < -0.3 is 0 Å². The van der Waals surface area contributed by atoms with Gasteiger partial charge in [-0.25, -0.2) is 4.39 Å². The first-order valence-corrected chi connectivity index (χ1v) is 5.36. The first kappa shape index (κ1) is 8.53. The van der Waals surface area contributed by atoms with Crippen LogP contribution in [-0.4, -0.2) is 0 Å². The van der Waals surface area contributed by atoms with E-state index < -0.39 is 0 Å². The Morgan fingerprint density at radius 2 is 2.25 bits per heavy atom. The van der Waals surface area contributed by atoms with Crippen LogP contribution in [0.1, 0.15) is 0 Å². The maximum absolute atomic E-state index is 13.3. The van der Waals surface area contributed by atoms with Crippen LogP contribution in [0.15, 0.2) is 26.9 Å². The van der Waals surface area contributed by atoms with Gasteiger partial charge in [0.05, 0.1) is 9.17 Å². The Bertz CT molecular complexity index is 436. The average molecular weight is 263 g/mol. The second kappa shape index (κ2) is 3.01. The molecule has 1 aromatic heterocycles. The van der Waals surface area contributed by atoms with Crippen LogP contribution in [0.2, 0.25) is 0 Å². The summed E-state index contributed by atoms with van der Waals surface area (Å²) in [6.07, 6.45) is 0. The van der Waals surface area contributed by atoms with E-state index in [-0.39, 0.29) is 5.82 Å². The molecular weight excluding hydrogens is 259 g/mol. The number of benzene rings is 1. The molecule has 0 nitrogen and oxygen atoms in total. The molecule has 0 aliphatic carbocycles. The molecule has 0 saturated carbocycles.